The number of nitrogens with one attached hydrogen (secondary N) is 1. The Hall–Kier alpha value is -3.67. The van der Waals surface area contributed by atoms with Crippen molar-refractivity contribution < 1.29 is 9.90 Å². The first kappa shape index (κ1) is 15.8. The number of nitrogens with zero attached hydrogens (tertiary/aromatic N) is 2. The third-order valence-electron chi connectivity index (χ3n) is 4.35. The second-order valence-electron chi connectivity index (χ2n) is 6.02. The zero-order chi connectivity index (χ0) is 18.3. The van der Waals surface area contributed by atoms with E-state index in [1.54, 1.807) is 18.3 Å². The largest absolute Gasteiger partial charge is 0.478 e. The lowest BCUT2D eigenvalue weighted by molar-refractivity contribution is 0.0697. The number of aromatic amines is 1. The molecule has 0 unspecified atom stereocenters. The molecule has 0 fully saturated rings. The smallest absolute Gasteiger partial charge is 0.335 e. The molecular formula is C20H15N3O3. The summed E-state index contributed by atoms with van der Waals surface area (Å²) in [6, 6.07) is 13.9. The molecular weight excluding hydrogens is 330 g/mol. The van der Waals surface area contributed by atoms with Crippen LogP contribution in [0, 0.1) is 6.92 Å². The zero-order valence-corrected chi connectivity index (χ0v) is 13.9. The first-order valence-corrected chi connectivity index (χ1v) is 8.05. The van der Waals surface area contributed by atoms with E-state index in [1.165, 1.54) is 16.8 Å². The molecule has 1 aromatic heterocycles. The van der Waals surface area contributed by atoms with E-state index in [-0.39, 0.29) is 11.1 Å². The van der Waals surface area contributed by atoms with E-state index in [2.05, 4.69) is 10.1 Å². The minimum atomic E-state index is -1.00. The number of H-pyrrole nitrogens is 1. The van der Waals surface area contributed by atoms with E-state index < -0.39 is 5.97 Å². The van der Waals surface area contributed by atoms with Gasteiger partial charge in [0.1, 0.15) is 0 Å². The minimum absolute atomic E-state index is 0.172. The lowest BCUT2D eigenvalue weighted by atomic mass is 10.0. The molecule has 3 aromatic rings. The van der Waals surface area contributed by atoms with E-state index >= 15 is 0 Å². The SMILES string of the molecule is Cc1[nH]n(-c2ccc(C(=O)O)cc2)c(=O)c1/C=C1\C=Nc2ccccc21. The fourth-order valence-electron chi connectivity index (χ4n) is 2.97. The van der Waals surface area contributed by atoms with Gasteiger partial charge in [-0.1, -0.05) is 18.2 Å². The molecule has 6 heteroatoms. The van der Waals surface area contributed by atoms with Crippen molar-refractivity contribution in [1.82, 2.24) is 9.78 Å². The van der Waals surface area contributed by atoms with Crippen LogP contribution in [0.15, 0.2) is 58.3 Å². The lowest BCUT2D eigenvalue weighted by Gasteiger charge is -2.01. The van der Waals surface area contributed by atoms with Crippen molar-refractivity contribution >= 4 is 29.5 Å². The predicted octanol–water partition coefficient (Wildman–Crippen LogP) is 3.43. The van der Waals surface area contributed by atoms with Gasteiger partial charge in [0.25, 0.3) is 5.56 Å². The summed E-state index contributed by atoms with van der Waals surface area (Å²) in [5.41, 5.74) is 4.58. The molecule has 1 aliphatic heterocycles. The average molecular weight is 345 g/mol. The van der Waals surface area contributed by atoms with Crippen LogP contribution in [0.2, 0.25) is 0 Å². The standard InChI is InChI=1S/C20H15N3O3/c1-12-17(10-14-11-21-18-5-3-2-4-16(14)18)19(24)23(22-12)15-8-6-13(7-9-15)20(25)26/h2-11,22H,1H3,(H,25,26)/b14-10+. The van der Waals surface area contributed by atoms with Gasteiger partial charge in [0.05, 0.1) is 22.5 Å². The fourth-order valence-corrected chi connectivity index (χ4v) is 2.97. The molecule has 2 heterocycles. The van der Waals surface area contributed by atoms with E-state index in [9.17, 15) is 9.59 Å². The summed E-state index contributed by atoms with van der Waals surface area (Å²) >= 11 is 0. The van der Waals surface area contributed by atoms with Crippen LogP contribution in [0.1, 0.15) is 27.2 Å². The quantitative estimate of drug-likeness (QED) is 0.762. The number of carbonyl (C=O) groups is 1. The van der Waals surface area contributed by atoms with E-state index in [4.69, 9.17) is 5.11 Å². The zero-order valence-electron chi connectivity index (χ0n) is 13.9. The molecule has 0 spiro atoms. The van der Waals surface area contributed by atoms with Crippen molar-refractivity contribution in [2.24, 2.45) is 4.99 Å². The highest BCUT2D eigenvalue weighted by Gasteiger charge is 2.15. The van der Waals surface area contributed by atoms with Crippen LogP contribution in [0.4, 0.5) is 5.69 Å². The fraction of sp³-hybridized carbons (Fsp3) is 0.0500. The molecule has 2 aromatic carbocycles. The number of allylic oxidation sites excluding steroid dienone is 1. The second-order valence-corrected chi connectivity index (χ2v) is 6.02. The molecule has 0 aliphatic carbocycles. The number of para-hydroxylation sites is 1. The van der Waals surface area contributed by atoms with Crippen molar-refractivity contribution in [3.8, 4) is 5.69 Å². The molecule has 6 nitrogen and oxygen atoms in total. The molecule has 0 saturated carbocycles. The molecule has 4 rings (SSSR count). The van der Waals surface area contributed by atoms with Crippen molar-refractivity contribution in [3.05, 3.63) is 81.3 Å². The number of fused-ring (bicyclic) bond motifs is 1. The maximum absolute atomic E-state index is 12.8. The van der Waals surface area contributed by atoms with Crippen LogP contribution in [-0.4, -0.2) is 27.1 Å². The van der Waals surface area contributed by atoms with Gasteiger partial charge in [0, 0.05) is 23.0 Å². The van der Waals surface area contributed by atoms with Gasteiger partial charge in [-0.3, -0.25) is 14.9 Å². The average Bonchev–Trinajstić information content (AvgIpc) is 3.18. The van der Waals surface area contributed by atoms with Crippen LogP contribution >= 0.6 is 0 Å². The Labute approximate surface area is 148 Å². The Morgan fingerprint density at radius 3 is 2.62 bits per heavy atom. The Morgan fingerprint density at radius 1 is 1.15 bits per heavy atom. The Morgan fingerprint density at radius 2 is 1.88 bits per heavy atom. The molecule has 0 bridgehead atoms. The molecule has 0 saturated heterocycles. The highest BCUT2D eigenvalue weighted by atomic mass is 16.4. The van der Waals surface area contributed by atoms with Gasteiger partial charge in [-0.2, -0.15) is 0 Å². The third-order valence-corrected chi connectivity index (χ3v) is 4.35. The molecule has 2 N–H and O–H groups in total. The Balaban J connectivity index is 1.77. The summed E-state index contributed by atoms with van der Waals surface area (Å²) in [5.74, 6) is -1.00. The molecule has 0 amide bonds. The molecule has 0 atom stereocenters. The van der Waals surface area contributed by atoms with Crippen LogP contribution in [0.25, 0.3) is 17.3 Å². The van der Waals surface area contributed by atoms with Crippen LogP contribution in [0.5, 0.6) is 0 Å². The van der Waals surface area contributed by atoms with Crippen LogP contribution < -0.4 is 5.56 Å². The van der Waals surface area contributed by atoms with Crippen molar-refractivity contribution in [2.75, 3.05) is 0 Å². The maximum atomic E-state index is 12.8. The van der Waals surface area contributed by atoms with Gasteiger partial charge in [-0.25, -0.2) is 9.48 Å². The van der Waals surface area contributed by atoms with E-state index in [1.807, 2.05) is 37.3 Å². The van der Waals surface area contributed by atoms with Gasteiger partial charge < -0.3 is 5.11 Å². The summed E-state index contributed by atoms with van der Waals surface area (Å²) in [4.78, 5) is 28.2. The maximum Gasteiger partial charge on any atom is 0.335 e. The topological polar surface area (TPSA) is 87.5 Å². The highest BCUT2D eigenvalue weighted by Crippen LogP contribution is 2.32. The summed E-state index contributed by atoms with van der Waals surface area (Å²) in [6.45, 7) is 1.83. The Kier molecular flexibility index (Phi) is 3.65. The third kappa shape index (κ3) is 2.57. The number of hydrogen-bond acceptors (Lipinski definition) is 3. The first-order chi connectivity index (χ1) is 12.5. The number of hydrogen-bond donors (Lipinski definition) is 2. The number of benzene rings is 2. The molecule has 1 aliphatic rings. The summed E-state index contributed by atoms with van der Waals surface area (Å²) in [7, 11) is 0. The number of carboxylic acid groups (broad SMARTS) is 1. The van der Waals surface area contributed by atoms with Crippen molar-refractivity contribution in [1.29, 1.82) is 0 Å². The van der Waals surface area contributed by atoms with Gasteiger partial charge >= 0.3 is 5.97 Å². The predicted molar refractivity (Wildman–Crippen MR) is 101 cm³/mol. The van der Waals surface area contributed by atoms with Crippen molar-refractivity contribution in [2.45, 2.75) is 6.92 Å². The molecule has 128 valence electrons. The molecule has 26 heavy (non-hydrogen) atoms. The second kappa shape index (κ2) is 6.00. The van der Waals surface area contributed by atoms with Crippen molar-refractivity contribution in [3.63, 3.8) is 0 Å². The Bertz CT molecular complexity index is 1130. The van der Waals surface area contributed by atoms with E-state index in [0.29, 0.717) is 11.3 Å². The first-order valence-electron chi connectivity index (χ1n) is 8.05. The lowest BCUT2D eigenvalue weighted by Crippen LogP contribution is -2.16. The normalized spacial score (nSPS) is 14.0. The number of aryl methyl sites for hydroxylation is 1. The summed E-state index contributed by atoms with van der Waals surface area (Å²) in [5, 5.41) is 12.0. The van der Waals surface area contributed by atoms with E-state index in [0.717, 1.165) is 22.5 Å². The number of carboxylic acids is 1. The monoisotopic (exact) mass is 345 g/mol. The van der Waals surface area contributed by atoms with Crippen LogP contribution in [0.3, 0.4) is 0 Å². The number of aromatic nitrogens is 2. The van der Waals surface area contributed by atoms with Gasteiger partial charge in [-0.15, -0.1) is 0 Å². The van der Waals surface area contributed by atoms with Gasteiger partial charge in [0.15, 0.2) is 0 Å². The minimum Gasteiger partial charge on any atom is -0.478 e. The van der Waals surface area contributed by atoms with Gasteiger partial charge in [0.2, 0.25) is 0 Å². The van der Waals surface area contributed by atoms with Gasteiger partial charge in [-0.05, 0) is 43.3 Å². The summed E-state index contributed by atoms with van der Waals surface area (Å²) in [6.07, 6.45) is 3.58. The number of aliphatic imine (C=N–C) groups is 1. The number of rotatable bonds is 3. The summed E-state index contributed by atoms with van der Waals surface area (Å²) < 4.78 is 1.41. The molecule has 0 radical (unpaired) electrons. The number of aromatic carboxylic acids is 1. The highest BCUT2D eigenvalue weighted by molar-refractivity contribution is 6.21. The van der Waals surface area contributed by atoms with Crippen LogP contribution in [-0.2, 0) is 0 Å².